The Balaban J connectivity index is 1.61. The monoisotopic (exact) mass is 506 g/mol. The van der Waals surface area contributed by atoms with Gasteiger partial charge in [0.2, 0.25) is 0 Å². The summed E-state index contributed by atoms with van der Waals surface area (Å²) in [5, 5.41) is 21.7. The fourth-order valence-electron chi connectivity index (χ4n) is 4.61. The van der Waals surface area contributed by atoms with Crippen molar-refractivity contribution >= 4 is 34.7 Å². The fraction of sp³-hybridized carbons (Fsp3) is 0.133. The van der Waals surface area contributed by atoms with Crippen LogP contribution in [0.1, 0.15) is 25.0 Å². The first kappa shape index (κ1) is 24.7. The molecule has 2 heterocycles. The number of rotatable bonds is 7. The number of benzene rings is 3. The zero-order valence-electron chi connectivity index (χ0n) is 21.0. The number of para-hydroxylation sites is 1. The molecule has 1 aromatic heterocycles. The van der Waals surface area contributed by atoms with Gasteiger partial charge in [-0.1, -0.05) is 72.0 Å². The molecule has 0 bridgehead atoms. The number of aromatic nitrogens is 3. The molecule has 1 aliphatic rings. The van der Waals surface area contributed by atoms with Crippen molar-refractivity contribution in [3.8, 4) is 5.69 Å². The molecule has 4 aromatic rings. The SMILES string of the molecule is CCOC(=O)C1=C(c2ccc(-n3nnc4ccccc43)cc2)NC(C)=C(C(=O)O)C1C=Cc1ccccc1. The van der Waals surface area contributed by atoms with Gasteiger partial charge in [-0.2, -0.15) is 0 Å². The number of ether oxygens (including phenoxy) is 1. The van der Waals surface area contributed by atoms with Crippen molar-refractivity contribution in [2.24, 2.45) is 5.92 Å². The van der Waals surface area contributed by atoms with Crippen LogP contribution in [0.2, 0.25) is 0 Å². The zero-order chi connectivity index (χ0) is 26.6. The minimum absolute atomic E-state index is 0.0923. The molecule has 38 heavy (non-hydrogen) atoms. The predicted octanol–water partition coefficient (Wildman–Crippen LogP) is 4.99. The maximum atomic E-state index is 13.3. The lowest BCUT2D eigenvalue weighted by molar-refractivity contribution is -0.138. The third kappa shape index (κ3) is 4.71. The summed E-state index contributed by atoms with van der Waals surface area (Å²) in [5.74, 6) is -2.50. The van der Waals surface area contributed by atoms with Crippen LogP contribution in [0.4, 0.5) is 0 Å². The molecule has 8 heteroatoms. The summed E-state index contributed by atoms with van der Waals surface area (Å²) in [5.41, 5.74) is 5.35. The molecule has 0 saturated heterocycles. The van der Waals surface area contributed by atoms with Gasteiger partial charge in [0.05, 0.1) is 34.7 Å². The molecule has 0 saturated carbocycles. The minimum atomic E-state index is -1.10. The number of esters is 1. The zero-order valence-corrected chi connectivity index (χ0v) is 21.0. The van der Waals surface area contributed by atoms with E-state index in [2.05, 4.69) is 15.6 Å². The fourth-order valence-corrected chi connectivity index (χ4v) is 4.61. The Bertz CT molecular complexity index is 1600. The summed E-state index contributed by atoms with van der Waals surface area (Å²) >= 11 is 0. The van der Waals surface area contributed by atoms with Gasteiger partial charge >= 0.3 is 11.9 Å². The largest absolute Gasteiger partial charge is 0.478 e. The lowest BCUT2D eigenvalue weighted by atomic mass is 9.83. The second-order valence-electron chi connectivity index (χ2n) is 8.76. The van der Waals surface area contributed by atoms with Crippen molar-refractivity contribution < 1.29 is 19.4 Å². The van der Waals surface area contributed by atoms with Gasteiger partial charge in [0.15, 0.2) is 0 Å². The maximum Gasteiger partial charge on any atom is 0.337 e. The predicted molar refractivity (Wildman–Crippen MR) is 145 cm³/mol. The van der Waals surface area contributed by atoms with Gasteiger partial charge in [0.1, 0.15) is 5.52 Å². The van der Waals surface area contributed by atoms with E-state index in [1.165, 1.54) is 0 Å². The number of carboxylic acids is 1. The van der Waals surface area contributed by atoms with E-state index in [1.54, 1.807) is 24.6 Å². The minimum Gasteiger partial charge on any atom is -0.478 e. The topological polar surface area (TPSA) is 106 Å². The van der Waals surface area contributed by atoms with Gasteiger partial charge in [-0.3, -0.25) is 0 Å². The van der Waals surface area contributed by atoms with Crippen LogP contribution in [0.3, 0.4) is 0 Å². The van der Waals surface area contributed by atoms with Gasteiger partial charge in [0.25, 0.3) is 0 Å². The number of nitrogens with zero attached hydrogens (tertiary/aromatic N) is 3. The molecule has 0 spiro atoms. The number of allylic oxidation sites excluding steroid dienone is 2. The van der Waals surface area contributed by atoms with Crippen LogP contribution in [0.15, 0.2) is 102 Å². The molecule has 2 N–H and O–H groups in total. The molecule has 0 amide bonds. The lowest BCUT2D eigenvalue weighted by Crippen LogP contribution is -2.32. The second-order valence-corrected chi connectivity index (χ2v) is 8.76. The molecular formula is C30H26N4O4. The van der Waals surface area contributed by atoms with E-state index in [0.29, 0.717) is 17.0 Å². The quantitative estimate of drug-likeness (QED) is 0.340. The van der Waals surface area contributed by atoms with Crippen molar-refractivity contribution in [1.82, 2.24) is 20.3 Å². The Morgan fingerprint density at radius 2 is 1.71 bits per heavy atom. The number of hydrogen-bond acceptors (Lipinski definition) is 6. The molecule has 0 fully saturated rings. The smallest absolute Gasteiger partial charge is 0.337 e. The number of fused-ring (bicyclic) bond motifs is 1. The number of nitrogens with one attached hydrogen (secondary N) is 1. The van der Waals surface area contributed by atoms with E-state index >= 15 is 0 Å². The maximum absolute atomic E-state index is 13.3. The van der Waals surface area contributed by atoms with E-state index in [4.69, 9.17) is 4.74 Å². The van der Waals surface area contributed by atoms with Crippen LogP contribution in [0.25, 0.3) is 28.5 Å². The van der Waals surface area contributed by atoms with Crippen LogP contribution in [-0.4, -0.2) is 38.6 Å². The summed E-state index contributed by atoms with van der Waals surface area (Å²) in [6, 6.07) is 24.7. The Morgan fingerprint density at radius 3 is 2.42 bits per heavy atom. The molecule has 190 valence electrons. The number of aliphatic carboxylic acids is 1. The van der Waals surface area contributed by atoms with Crippen molar-refractivity contribution in [1.29, 1.82) is 0 Å². The first-order valence-electron chi connectivity index (χ1n) is 12.2. The van der Waals surface area contributed by atoms with Gasteiger partial charge in [-0.15, -0.1) is 5.10 Å². The Kier molecular flexibility index (Phi) is 6.86. The molecule has 1 atom stereocenters. The number of dihydropyridines is 1. The Labute approximate surface area is 219 Å². The second kappa shape index (κ2) is 10.6. The van der Waals surface area contributed by atoms with E-state index < -0.39 is 17.9 Å². The molecule has 1 aliphatic heterocycles. The first-order valence-corrected chi connectivity index (χ1v) is 12.2. The first-order chi connectivity index (χ1) is 18.5. The molecule has 0 aliphatic carbocycles. The lowest BCUT2D eigenvalue weighted by Gasteiger charge is -2.29. The van der Waals surface area contributed by atoms with E-state index in [9.17, 15) is 14.7 Å². The molecular weight excluding hydrogens is 480 g/mol. The van der Waals surface area contributed by atoms with Crippen LogP contribution < -0.4 is 5.32 Å². The van der Waals surface area contributed by atoms with Crippen molar-refractivity contribution in [2.45, 2.75) is 13.8 Å². The van der Waals surface area contributed by atoms with E-state index in [0.717, 1.165) is 22.3 Å². The van der Waals surface area contributed by atoms with Gasteiger partial charge in [0, 0.05) is 11.6 Å². The highest BCUT2D eigenvalue weighted by atomic mass is 16.5. The number of hydrogen-bond donors (Lipinski definition) is 2. The van der Waals surface area contributed by atoms with Crippen LogP contribution >= 0.6 is 0 Å². The van der Waals surface area contributed by atoms with Crippen LogP contribution in [-0.2, 0) is 14.3 Å². The van der Waals surface area contributed by atoms with Crippen LogP contribution in [0.5, 0.6) is 0 Å². The normalized spacial score (nSPS) is 15.7. The summed E-state index contributed by atoms with van der Waals surface area (Å²) in [6.07, 6.45) is 3.56. The van der Waals surface area contributed by atoms with Crippen LogP contribution in [0, 0.1) is 5.92 Å². The summed E-state index contributed by atoms with van der Waals surface area (Å²) in [6.45, 7) is 3.58. The summed E-state index contributed by atoms with van der Waals surface area (Å²) < 4.78 is 7.14. The molecule has 3 aromatic carbocycles. The van der Waals surface area contributed by atoms with Crippen molar-refractivity contribution in [3.63, 3.8) is 0 Å². The highest BCUT2D eigenvalue weighted by Crippen LogP contribution is 2.36. The average Bonchev–Trinajstić information content (AvgIpc) is 3.36. The summed E-state index contributed by atoms with van der Waals surface area (Å²) in [4.78, 5) is 25.6. The summed E-state index contributed by atoms with van der Waals surface area (Å²) in [7, 11) is 0. The van der Waals surface area contributed by atoms with Gasteiger partial charge < -0.3 is 15.2 Å². The van der Waals surface area contributed by atoms with Gasteiger partial charge in [-0.25, -0.2) is 14.3 Å². The molecule has 1 unspecified atom stereocenters. The number of carbonyl (C=O) groups excluding carboxylic acids is 1. The highest BCUT2D eigenvalue weighted by molar-refractivity contribution is 6.04. The third-order valence-corrected chi connectivity index (χ3v) is 6.37. The van der Waals surface area contributed by atoms with Crippen molar-refractivity contribution in [3.05, 3.63) is 113 Å². The Hall–Kier alpha value is -4.98. The average molecular weight is 507 g/mol. The number of carboxylic acid groups (broad SMARTS) is 1. The molecule has 5 rings (SSSR count). The molecule has 8 nitrogen and oxygen atoms in total. The number of carbonyl (C=O) groups is 2. The van der Waals surface area contributed by atoms with E-state index in [1.807, 2.05) is 84.9 Å². The standard InChI is InChI=1S/C30H26N4O4/c1-3-38-30(37)27-23(18-13-20-9-5-4-6-10-20)26(29(35)36)19(2)31-28(27)21-14-16-22(17-15-21)34-25-12-8-7-11-24(25)32-33-34/h4-18,23,31H,3H2,1-2H3,(H,35,36). The molecule has 0 radical (unpaired) electrons. The Morgan fingerprint density at radius 1 is 1.00 bits per heavy atom. The third-order valence-electron chi connectivity index (χ3n) is 6.37. The highest BCUT2D eigenvalue weighted by Gasteiger charge is 2.36. The van der Waals surface area contributed by atoms with E-state index in [-0.39, 0.29) is 17.8 Å². The van der Waals surface area contributed by atoms with Crippen molar-refractivity contribution in [2.75, 3.05) is 6.61 Å². The van der Waals surface area contributed by atoms with Gasteiger partial charge in [-0.05, 0) is 49.2 Å².